The van der Waals surface area contributed by atoms with Crippen molar-refractivity contribution >= 4 is 23.4 Å². The van der Waals surface area contributed by atoms with E-state index < -0.39 is 0 Å². The molecule has 3 heterocycles. The molecule has 3 fully saturated rings. The zero-order valence-corrected chi connectivity index (χ0v) is 17.9. The van der Waals surface area contributed by atoms with E-state index in [1.807, 2.05) is 9.80 Å². The predicted octanol–water partition coefficient (Wildman–Crippen LogP) is 3.62. The summed E-state index contributed by atoms with van der Waals surface area (Å²) in [6.07, 6.45) is 2.25. The highest BCUT2D eigenvalue weighted by atomic mass is 35.5. The first-order chi connectivity index (χ1) is 14.4. The lowest BCUT2D eigenvalue weighted by molar-refractivity contribution is -0.140. The van der Waals surface area contributed by atoms with Gasteiger partial charge in [0.05, 0.1) is 17.7 Å². The van der Waals surface area contributed by atoms with Crippen molar-refractivity contribution in [2.75, 3.05) is 39.4 Å². The summed E-state index contributed by atoms with van der Waals surface area (Å²) in [6, 6.07) is 4.18. The van der Waals surface area contributed by atoms with Crippen molar-refractivity contribution in [3.05, 3.63) is 29.0 Å². The van der Waals surface area contributed by atoms with Gasteiger partial charge in [-0.15, -0.1) is 0 Å². The molecular formula is C22H28ClFN2O4. The highest BCUT2D eigenvalue weighted by molar-refractivity contribution is 6.32. The number of piperidine rings is 2. The van der Waals surface area contributed by atoms with E-state index in [1.165, 1.54) is 12.1 Å². The summed E-state index contributed by atoms with van der Waals surface area (Å²) >= 11 is 6.04. The number of nitrogens with zero attached hydrogens (tertiary/aromatic N) is 2. The fraction of sp³-hybridized carbons (Fsp3) is 0.636. The number of urea groups is 1. The van der Waals surface area contributed by atoms with Gasteiger partial charge in [-0.05, 0) is 42.9 Å². The van der Waals surface area contributed by atoms with Crippen LogP contribution in [0.5, 0.6) is 5.75 Å². The molecule has 8 heteroatoms. The standard InChI is InChI=1S/C22H28ClFN2O4/c1-14-10-25(6-4-15(14)12-29-21-3-2-17(24)9-19(21)23)22(28)26-7-5-20-16(11-26)8-18(27)13-30-20/h2-3,9,14-16,20H,4-8,10-13H2,1H3/t14-,15-,16+,20-/m0/s1. The molecular weight excluding hydrogens is 411 g/mol. The zero-order valence-electron chi connectivity index (χ0n) is 17.2. The van der Waals surface area contributed by atoms with Crippen LogP contribution in [-0.4, -0.2) is 67.1 Å². The van der Waals surface area contributed by atoms with Gasteiger partial charge in [0.2, 0.25) is 0 Å². The largest absolute Gasteiger partial charge is 0.492 e. The Morgan fingerprint density at radius 2 is 2.03 bits per heavy atom. The van der Waals surface area contributed by atoms with Crippen molar-refractivity contribution < 1.29 is 23.5 Å². The predicted molar refractivity (Wildman–Crippen MR) is 110 cm³/mol. The number of fused-ring (bicyclic) bond motifs is 1. The molecule has 1 aromatic rings. The van der Waals surface area contributed by atoms with E-state index in [9.17, 15) is 14.0 Å². The minimum atomic E-state index is -0.388. The molecule has 3 aliphatic rings. The van der Waals surface area contributed by atoms with E-state index in [0.717, 1.165) is 12.8 Å². The normalized spacial score (nSPS) is 29.5. The van der Waals surface area contributed by atoms with Gasteiger partial charge >= 0.3 is 6.03 Å². The molecule has 0 spiro atoms. The maximum absolute atomic E-state index is 13.2. The van der Waals surface area contributed by atoms with Crippen molar-refractivity contribution in [3.8, 4) is 5.75 Å². The third-order valence-electron chi connectivity index (χ3n) is 6.58. The lowest BCUT2D eigenvalue weighted by atomic mass is 9.87. The number of ketones is 1. The van der Waals surface area contributed by atoms with Crippen molar-refractivity contribution in [3.63, 3.8) is 0 Å². The summed E-state index contributed by atoms with van der Waals surface area (Å²) in [5.74, 6) is 0.912. The Hall–Kier alpha value is -1.86. The monoisotopic (exact) mass is 438 g/mol. The number of benzene rings is 1. The number of ether oxygens (including phenoxy) is 2. The second-order valence-electron chi connectivity index (χ2n) is 8.73. The molecule has 1 aromatic carbocycles. The van der Waals surface area contributed by atoms with Gasteiger partial charge in [-0.25, -0.2) is 9.18 Å². The van der Waals surface area contributed by atoms with E-state index in [1.54, 1.807) is 6.07 Å². The van der Waals surface area contributed by atoms with E-state index in [-0.39, 0.29) is 47.2 Å². The fourth-order valence-corrected chi connectivity index (χ4v) is 4.98. The van der Waals surface area contributed by atoms with Gasteiger partial charge in [-0.3, -0.25) is 4.79 Å². The Morgan fingerprint density at radius 3 is 2.80 bits per heavy atom. The molecule has 0 saturated carbocycles. The molecule has 0 aliphatic carbocycles. The van der Waals surface area contributed by atoms with Crippen molar-refractivity contribution in [1.29, 1.82) is 0 Å². The molecule has 2 amide bonds. The second kappa shape index (κ2) is 9.10. The molecule has 6 nitrogen and oxygen atoms in total. The zero-order chi connectivity index (χ0) is 21.3. The van der Waals surface area contributed by atoms with Gasteiger partial charge in [0.1, 0.15) is 18.2 Å². The maximum atomic E-state index is 13.2. The quantitative estimate of drug-likeness (QED) is 0.723. The minimum Gasteiger partial charge on any atom is -0.492 e. The first kappa shape index (κ1) is 21.4. The van der Waals surface area contributed by atoms with Gasteiger partial charge in [0.15, 0.2) is 5.78 Å². The van der Waals surface area contributed by atoms with Crippen LogP contribution >= 0.6 is 11.6 Å². The Labute approximate surface area is 181 Å². The third-order valence-corrected chi connectivity index (χ3v) is 6.88. The number of amides is 2. The number of Topliss-reactive ketones (excluding diaryl/α,β-unsaturated/α-hetero) is 1. The third kappa shape index (κ3) is 4.72. The van der Waals surface area contributed by atoms with E-state index in [4.69, 9.17) is 21.1 Å². The minimum absolute atomic E-state index is 0.0549. The molecule has 0 bridgehead atoms. The van der Waals surface area contributed by atoms with Crippen molar-refractivity contribution in [1.82, 2.24) is 9.80 Å². The lowest BCUT2D eigenvalue weighted by Gasteiger charge is -2.44. The number of hydrogen-bond donors (Lipinski definition) is 0. The first-order valence-corrected chi connectivity index (χ1v) is 11.0. The van der Waals surface area contributed by atoms with E-state index in [0.29, 0.717) is 50.9 Å². The average Bonchev–Trinajstić information content (AvgIpc) is 2.72. The van der Waals surface area contributed by atoms with Gasteiger partial charge in [0, 0.05) is 38.5 Å². The fourth-order valence-electron chi connectivity index (χ4n) is 4.76. The van der Waals surface area contributed by atoms with Crippen LogP contribution in [-0.2, 0) is 9.53 Å². The first-order valence-electron chi connectivity index (χ1n) is 10.7. The number of carbonyl (C=O) groups excluding carboxylic acids is 2. The lowest BCUT2D eigenvalue weighted by Crippen LogP contribution is -2.55. The smallest absolute Gasteiger partial charge is 0.320 e. The number of carbonyl (C=O) groups is 2. The number of halogens is 2. The summed E-state index contributed by atoms with van der Waals surface area (Å²) < 4.78 is 24.6. The molecule has 164 valence electrons. The van der Waals surface area contributed by atoms with Gasteiger partial charge < -0.3 is 19.3 Å². The Bertz CT molecular complexity index is 807. The molecule has 0 N–H and O–H groups in total. The van der Waals surface area contributed by atoms with Gasteiger partial charge in [0.25, 0.3) is 0 Å². The van der Waals surface area contributed by atoms with Crippen molar-refractivity contribution in [2.24, 2.45) is 17.8 Å². The van der Waals surface area contributed by atoms with Gasteiger partial charge in [-0.2, -0.15) is 0 Å². The average molecular weight is 439 g/mol. The molecule has 3 aliphatic heterocycles. The molecule has 0 unspecified atom stereocenters. The van der Waals surface area contributed by atoms with E-state index in [2.05, 4.69) is 6.92 Å². The second-order valence-corrected chi connectivity index (χ2v) is 9.13. The molecule has 4 atom stereocenters. The Morgan fingerprint density at radius 1 is 1.27 bits per heavy atom. The number of hydrogen-bond acceptors (Lipinski definition) is 4. The van der Waals surface area contributed by atoms with Crippen LogP contribution in [0.2, 0.25) is 5.02 Å². The summed E-state index contributed by atoms with van der Waals surface area (Å²) in [5.41, 5.74) is 0. The van der Waals surface area contributed by atoms with Crippen LogP contribution in [0.25, 0.3) is 0 Å². The number of rotatable bonds is 3. The van der Waals surface area contributed by atoms with Crippen LogP contribution < -0.4 is 4.74 Å². The Balaban J connectivity index is 1.28. The highest BCUT2D eigenvalue weighted by Crippen LogP contribution is 2.31. The summed E-state index contributed by atoms with van der Waals surface area (Å²) in [5, 5.41) is 0.267. The molecule has 0 radical (unpaired) electrons. The molecule has 3 saturated heterocycles. The van der Waals surface area contributed by atoms with Crippen LogP contribution in [0.3, 0.4) is 0 Å². The summed E-state index contributed by atoms with van der Waals surface area (Å²) in [4.78, 5) is 28.6. The molecule has 30 heavy (non-hydrogen) atoms. The van der Waals surface area contributed by atoms with Crippen LogP contribution in [0.1, 0.15) is 26.2 Å². The summed E-state index contributed by atoms with van der Waals surface area (Å²) in [6.45, 7) is 5.44. The maximum Gasteiger partial charge on any atom is 0.320 e. The van der Waals surface area contributed by atoms with Gasteiger partial charge in [-0.1, -0.05) is 18.5 Å². The van der Waals surface area contributed by atoms with Crippen LogP contribution in [0, 0.1) is 23.6 Å². The van der Waals surface area contributed by atoms with Crippen LogP contribution in [0.15, 0.2) is 18.2 Å². The molecule has 4 rings (SSSR count). The van der Waals surface area contributed by atoms with E-state index >= 15 is 0 Å². The molecule has 0 aromatic heterocycles. The van der Waals surface area contributed by atoms with Crippen LogP contribution in [0.4, 0.5) is 9.18 Å². The number of likely N-dealkylation sites (tertiary alicyclic amines) is 2. The van der Waals surface area contributed by atoms with Crippen molar-refractivity contribution in [2.45, 2.75) is 32.3 Å². The highest BCUT2D eigenvalue weighted by Gasteiger charge is 2.39. The topological polar surface area (TPSA) is 59.1 Å². The summed E-state index contributed by atoms with van der Waals surface area (Å²) in [7, 11) is 0. The SMILES string of the molecule is C[C@H]1CN(C(=O)N2CC[C@@H]3OCC(=O)C[C@@H]3C2)CC[C@H]1COc1ccc(F)cc1Cl. The Kier molecular flexibility index (Phi) is 6.48.